The molecule has 4 nitrogen and oxygen atoms in total. The van der Waals surface area contributed by atoms with Gasteiger partial charge in [-0.2, -0.15) is 15.4 Å². The molecule has 0 amide bonds. The van der Waals surface area contributed by atoms with Crippen molar-refractivity contribution in [1.82, 2.24) is 15.4 Å². The van der Waals surface area contributed by atoms with Gasteiger partial charge in [0.15, 0.2) is 0 Å². The van der Waals surface area contributed by atoms with E-state index in [-0.39, 0.29) is 6.10 Å². The highest BCUT2D eigenvalue weighted by atomic mass is 16.5. The van der Waals surface area contributed by atoms with Crippen molar-refractivity contribution in [3.05, 3.63) is 18.2 Å². The molecule has 13 heavy (non-hydrogen) atoms. The van der Waals surface area contributed by atoms with E-state index in [0.717, 1.165) is 16.8 Å². The van der Waals surface area contributed by atoms with E-state index in [4.69, 9.17) is 4.74 Å². The van der Waals surface area contributed by atoms with E-state index in [1.54, 1.807) is 0 Å². The third-order valence-corrected chi connectivity index (χ3v) is 1.66. The van der Waals surface area contributed by atoms with Gasteiger partial charge < -0.3 is 4.74 Å². The maximum atomic E-state index is 5.51. The van der Waals surface area contributed by atoms with Gasteiger partial charge in [-0.05, 0) is 26.0 Å². The average Bonchev–Trinajstić information content (AvgIpc) is 2.49. The lowest BCUT2D eigenvalue weighted by Gasteiger charge is -2.08. The molecule has 1 aromatic heterocycles. The molecule has 2 rings (SSSR count). The average molecular weight is 177 g/mol. The molecular formula is C9H11N3O. The summed E-state index contributed by atoms with van der Waals surface area (Å²) in [5.41, 5.74) is 1.69. The fourth-order valence-corrected chi connectivity index (χ4v) is 1.17. The minimum Gasteiger partial charge on any atom is -0.491 e. The van der Waals surface area contributed by atoms with E-state index in [0.29, 0.717) is 0 Å². The summed E-state index contributed by atoms with van der Waals surface area (Å²) in [5, 5.41) is 10.5. The van der Waals surface area contributed by atoms with Crippen LogP contribution in [0.3, 0.4) is 0 Å². The lowest BCUT2D eigenvalue weighted by molar-refractivity contribution is 0.242. The van der Waals surface area contributed by atoms with Gasteiger partial charge in [0.2, 0.25) is 0 Å². The predicted octanol–water partition coefficient (Wildman–Crippen LogP) is 1.75. The second kappa shape index (κ2) is 3.05. The summed E-state index contributed by atoms with van der Waals surface area (Å²) in [4.78, 5) is 0. The molecule has 0 radical (unpaired) electrons. The van der Waals surface area contributed by atoms with Crippen LogP contribution in [-0.2, 0) is 0 Å². The zero-order valence-corrected chi connectivity index (χ0v) is 7.61. The highest BCUT2D eigenvalue weighted by Crippen LogP contribution is 2.17. The van der Waals surface area contributed by atoms with E-state index >= 15 is 0 Å². The van der Waals surface area contributed by atoms with Crippen molar-refractivity contribution in [2.24, 2.45) is 0 Å². The lowest BCUT2D eigenvalue weighted by Crippen LogP contribution is -2.05. The summed E-state index contributed by atoms with van der Waals surface area (Å²) >= 11 is 0. The molecule has 1 aromatic carbocycles. The monoisotopic (exact) mass is 177 g/mol. The van der Waals surface area contributed by atoms with E-state index in [1.165, 1.54) is 0 Å². The van der Waals surface area contributed by atoms with Gasteiger partial charge in [-0.15, -0.1) is 0 Å². The zero-order chi connectivity index (χ0) is 9.26. The number of nitrogens with zero attached hydrogens (tertiary/aromatic N) is 2. The number of hydrogen-bond donors (Lipinski definition) is 1. The molecule has 0 saturated heterocycles. The van der Waals surface area contributed by atoms with Crippen LogP contribution in [0.4, 0.5) is 0 Å². The smallest absolute Gasteiger partial charge is 0.122 e. The summed E-state index contributed by atoms with van der Waals surface area (Å²) in [5.74, 6) is 0.830. The number of ether oxygens (including phenoxy) is 1. The van der Waals surface area contributed by atoms with E-state index < -0.39 is 0 Å². The van der Waals surface area contributed by atoms with Gasteiger partial charge in [0.25, 0.3) is 0 Å². The highest BCUT2D eigenvalue weighted by Gasteiger charge is 2.01. The fourth-order valence-electron chi connectivity index (χ4n) is 1.17. The molecule has 0 aliphatic carbocycles. The molecule has 0 aliphatic heterocycles. The quantitative estimate of drug-likeness (QED) is 0.760. The van der Waals surface area contributed by atoms with E-state index in [2.05, 4.69) is 15.4 Å². The first-order chi connectivity index (χ1) is 6.25. The number of fused-ring (bicyclic) bond motifs is 1. The summed E-state index contributed by atoms with van der Waals surface area (Å²) < 4.78 is 5.51. The third kappa shape index (κ3) is 1.61. The highest BCUT2D eigenvalue weighted by molar-refractivity contribution is 5.75. The van der Waals surface area contributed by atoms with Gasteiger partial charge in [0.1, 0.15) is 16.8 Å². The molecule has 2 aromatic rings. The van der Waals surface area contributed by atoms with Crippen LogP contribution in [0.15, 0.2) is 18.2 Å². The van der Waals surface area contributed by atoms with Crippen molar-refractivity contribution >= 4 is 11.0 Å². The van der Waals surface area contributed by atoms with Crippen molar-refractivity contribution in [2.45, 2.75) is 20.0 Å². The van der Waals surface area contributed by atoms with Gasteiger partial charge in [-0.25, -0.2) is 0 Å². The Bertz CT molecular complexity index is 408. The molecule has 4 heteroatoms. The Morgan fingerprint density at radius 3 is 2.77 bits per heavy atom. The van der Waals surface area contributed by atoms with Crippen LogP contribution >= 0.6 is 0 Å². The van der Waals surface area contributed by atoms with Crippen LogP contribution < -0.4 is 4.74 Å². The van der Waals surface area contributed by atoms with Crippen molar-refractivity contribution in [2.75, 3.05) is 0 Å². The standard InChI is InChI=1S/C9H11N3O/c1-6(2)13-7-3-4-8-9(5-7)11-12-10-8/h3-6H,1-2H3,(H,10,11,12). The summed E-state index contributed by atoms with van der Waals surface area (Å²) in [6.45, 7) is 3.99. The van der Waals surface area contributed by atoms with Crippen LogP contribution in [0.5, 0.6) is 5.75 Å². The van der Waals surface area contributed by atoms with Gasteiger partial charge in [-0.1, -0.05) is 0 Å². The number of nitrogens with one attached hydrogen (secondary N) is 1. The first kappa shape index (κ1) is 8.04. The minimum atomic E-state index is 0.185. The van der Waals surface area contributed by atoms with Crippen LogP contribution in [0.1, 0.15) is 13.8 Å². The second-order valence-corrected chi connectivity index (χ2v) is 3.14. The number of hydrogen-bond acceptors (Lipinski definition) is 3. The predicted molar refractivity (Wildman–Crippen MR) is 49.7 cm³/mol. The van der Waals surface area contributed by atoms with Crippen LogP contribution in [0.25, 0.3) is 11.0 Å². The maximum absolute atomic E-state index is 5.51. The first-order valence-electron chi connectivity index (χ1n) is 4.23. The molecule has 1 N–H and O–H groups in total. The summed E-state index contributed by atoms with van der Waals surface area (Å²) in [6, 6.07) is 5.65. The maximum Gasteiger partial charge on any atom is 0.122 e. The van der Waals surface area contributed by atoms with Gasteiger partial charge in [-0.3, -0.25) is 0 Å². The first-order valence-corrected chi connectivity index (χ1v) is 4.23. The number of rotatable bonds is 2. The Kier molecular flexibility index (Phi) is 1.88. The van der Waals surface area contributed by atoms with Crippen LogP contribution in [0.2, 0.25) is 0 Å². The Labute approximate surface area is 75.9 Å². The number of aromatic amines is 1. The van der Waals surface area contributed by atoms with Gasteiger partial charge in [0.05, 0.1) is 6.10 Å². The van der Waals surface area contributed by atoms with Crippen molar-refractivity contribution in [1.29, 1.82) is 0 Å². The van der Waals surface area contributed by atoms with E-state index in [1.807, 2.05) is 32.0 Å². The SMILES string of the molecule is CC(C)Oc1ccc2n[nH]nc2c1. The molecule has 0 unspecified atom stereocenters. The lowest BCUT2D eigenvalue weighted by atomic mass is 10.3. The molecular weight excluding hydrogens is 166 g/mol. The Morgan fingerprint density at radius 2 is 2.00 bits per heavy atom. The van der Waals surface area contributed by atoms with Crippen LogP contribution in [0, 0.1) is 0 Å². The zero-order valence-electron chi connectivity index (χ0n) is 7.61. The molecule has 0 spiro atoms. The Morgan fingerprint density at radius 1 is 1.23 bits per heavy atom. The van der Waals surface area contributed by atoms with Gasteiger partial charge in [0, 0.05) is 6.07 Å². The van der Waals surface area contributed by atoms with Crippen molar-refractivity contribution < 1.29 is 4.74 Å². The van der Waals surface area contributed by atoms with Crippen LogP contribution in [-0.4, -0.2) is 21.5 Å². The number of H-pyrrole nitrogens is 1. The minimum absolute atomic E-state index is 0.185. The molecule has 0 bridgehead atoms. The topological polar surface area (TPSA) is 50.8 Å². The summed E-state index contributed by atoms with van der Waals surface area (Å²) in [7, 11) is 0. The van der Waals surface area contributed by atoms with Crippen molar-refractivity contribution in [3.8, 4) is 5.75 Å². The van der Waals surface area contributed by atoms with Crippen molar-refractivity contribution in [3.63, 3.8) is 0 Å². The third-order valence-electron chi connectivity index (χ3n) is 1.66. The van der Waals surface area contributed by atoms with Gasteiger partial charge >= 0.3 is 0 Å². The molecule has 68 valence electrons. The van der Waals surface area contributed by atoms with E-state index in [9.17, 15) is 0 Å². The second-order valence-electron chi connectivity index (χ2n) is 3.14. The number of benzene rings is 1. The molecule has 0 aliphatic rings. The molecule has 0 atom stereocenters. The normalized spacial score (nSPS) is 11.0. The number of aromatic nitrogens is 3. The summed E-state index contributed by atoms with van der Waals surface area (Å²) in [6.07, 6.45) is 0.185. The largest absolute Gasteiger partial charge is 0.491 e. The molecule has 0 fully saturated rings. The molecule has 0 saturated carbocycles. The Balaban J connectivity index is 2.37. The Hall–Kier alpha value is -1.58. The fraction of sp³-hybridized carbons (Fsp3) is 0.333. The molecule has 1 heterocycles.